The molecule has 1 aliphatic rings. The van der Waals surface area contributed by atoms with Gasteiger partial charge >= 0.3 is 6.18 Å². The highest BCUT2D eigenvalue weighted by Crippen LogP contribution is 2.34. The van der Waals surface area contributed by atoms with Crippen LogP contribution in [0.4, 0.5) is 24.9 Å². The first-order chi connectivity index (χ1) is 15.2. The summed E-state index contributed by atoms with van der Waals surface area (Å²) in [6, 6.07) is 0. The van der Waals surface area contributed by atoms with E-state index in [-0.39, 0.29) is 18.9 Å². The number of carbonyl (C=O) groups is 2. The number of hydrogen-bond donors (Lipinski definition) is 3. The quantitative estimate of drug-likeness (QED) is 0.198. The Hall–Kier alpha value is -2.67. The van der Waals surface area contributed by atoms with Crippen LogP contribution in [0.15, 0.2) is 6.20 Å². The molecule has 3 N–H and O–H groups in total. The molecule has 0 saturated carbocycles. The van der Waals surface area contributed by atoms with Crippen LogP contribution >= 0.6 is 0 Å². The number of nitrogens with one attached hydrogen (secondary N) is 2. The molecule has 2 heterocycles. The van der Waals surface area contributed by atoms with Crippen molar-refractivity contribution in [2.24, 2.45) is 5.92 Å². The zero-order valence-corrected chi connectivity index (χ0v) is 18.2. The average Bonchev–Trinajstić information content (AvgIpc) is 2.76. The van der Waals surface area contributed by atoms with Crippen molar-refractivity contribution in [1.82, 2.24) is 25.4 Å². The second kappa shape index (κ2) is 11.8. The molecule has 32 heavy (non-hydrogen) atoms. The van der Waals surface area contributed by atoms with Crippen molar-refractivity contribution in [3.8, 4) is 0 Å². The van der Waals surface area contributed by atoms with Gasteiger partial charge in [-0.2, -0.15) is 18.2 Å². The van der Waals surface area contributed by atoms with Crippen molar-refractivity contribution in [2.75, 3.05) is 50.1 Å². The summed E-state index contributed by atoms with van der Waals surface area (Å²) in [5, 5.41) is 9.80. The molecule has 1 aromatic rings. The van der Waals surface area contributed by atoms with Crippen LogP contribution < -0.4 is 15.8 Å². The molecule has 0 aliphatic carbocycles. The fourth-order valence-electron chi connectivity index (χ4n) is 3.27. The van der Waals surface area contributed by atoms with Gasteiger partial charge in [0.25, 0.3) is 0 Å². The minimum Gasteiger partial charge on any atom is -0.338 e. The van der Waals surface area contributed by atoms with Crippen molar-refractivity contribution in [3.63, 3.8) is 0 Å². The molecule has 1 atom stereocenters. The Morgan fingerprint density at radius 3 is 2.59 bits per heavy atom. The maximum Gasteiger partial charge on any atom is 0.421 e. The highest BCUT2D eigenvalue weighted by Gasteiger charge is 2.36. The number of unbranched alkanes of at least 4 members (excludes halogenated alkanes) is 2. The number of anilines is 2. The lowest BCUT2D eigenvalue weighted by Crippen LogP contribution is -2.45. The van der Waals surface area contributed by atoms with Crippen molar-refractivity contribution >= 4 is 24.1 Å². The van der Waals surface area contributed by atoms with Gasteiger partial charge in [0, 0.05) is 32.4 Å². The van der Waals surface area contributed by atoms with E-state index in [9.17, 15) is 28.0 Å². The van der Waals surface area contributed by atoms with E-state index in [0.29, 0.717) is 37.2 Å². The van der Waals surface area contributed by atoms with E-state index in [0.717, 1.165) is 25.9 Å². The standard InChI is InChI=1S/C19H30F3N7O3/c1-3-4-5-6-14(12-29(32)13-30)17(31)26-25-16-15(19(20,21)22)11-23-18(24-16)28-9-7-27(2)8-10-28/h11,13-14,32H,3-10,12H2,1-2H3,(H,26,31)(H,23,24,25)/t14-/m1/s1. The van der Waals surface area contributed by atoms with E-state index in [1.807, 2.05) is 14.0 Å². The van der Waals surface area contributed by atoms with Gasteiger partial charge in [-0.1, -0.05) is 26.2 Å². The lowest BCUT2D eigenvalue weighted by molar-refractivity contribution is -0.154. The van der Waals surface area contributed by atoms with Crippen molar-refractivity contribution in [1.29, 1.82) is 0 Å². The van der Waals surface area contributed by atoms with Gasteiger partial charge in [-0.05, 0) is 13.5 Å². The third-order valence-electron chi connectivity index (χ3n) is 5.23. The van der Waals surface area contributed by atoms with Crippen molar-refractivity contribution in [3.05, 3.63) is 11.8 Å². The Morgan fingerprint density at radius 1 is 1.31 bits per heavy atom. The number of hydrogen-bond acceptors (Lipinski definition) is 8. The summed E-state index contributed by atoms with van der Waals surface area (Å²) in [6.45, 7) is 4.27. The molecular formula is C19H30F3N7O3. The number of piperazine rings is 1. The van der Waals surface area contributed by atoms with Crippen molar-refractivity contribution in [2.45, 2.75) is 38.8 Å². The molecule has 2 amide bonds. The number of amides is 2. The molecule has 0 radical (unpaired) electrons. The monoisotopic (exact) mass is 461 g/mol. The number of aromatic nitrogens is 2. The van der Waals surface area contributed by atoms with Crippen LogP contribution in [0.25, 0.3) is 0 Å². The third kappa shape index (κ3) is 7.48. The number of halogens is 3. The van der Waals surface area contributed by atoms with Gasteiger partial charge in [0.15, 0.2) is 5.82 Å². The number of hydroxylamine groups is 2. The normalized spacial score (nSPS) is 15.9. The molecule has 1 saturated heterocycles. The van der Waals surface area contributed by atoms with E-state index in [1.165, 1.54) is 0 Å². The summed E-state index contributed by atoms with van der Waals surface area (Å²) >= 11 is 0. The summed E-state index contributed by atoms with van der Waals surface area (Å²) < 4.78 is 40.3. The summed E-state index contributed by atoms with van der Waals surface area (Å²) in [4.78, 5) is 35.0. The highest BCUT2D eigenvalue weighted by atomic mass is 19.4. The van der Waals surface area contributed by atoms with Crippen molar-refractivity contribution < 1.29 is 28.0 Å². The van der Waals surface area contributed by atoms with Crippen LogP contribution in [0.2, 0.25) is 0 Å². The van der Waals surface area contributed by atoms with Gasteiger partial charge < -0.3 is 9.80 Å². The second-order valence-electron chi connectivity index (χ2n) is 7.75. The fraction of sp³-hybridized carbons (Fsp3) is 0.684. The number of alkyl halides is 3. The lowest BCUT2D eigenvalue weighted by Gasteiger charge is -2.32. The predicted molar refractivity (Wildman–Crippen MR) is 111 cm³/mol. The highest BCUT2D eigenvalue weighted by molar-refractivity contribution is 5.80. The summed E-state index contributed by atoms with van der Waals surface area (Å²) in [5.74, 6) is -1.91. The Morgan fingerprint density at radius 2 is 2.00 bits per heavy atom. The molecule has 1 aromatic heterocycles. The first kappa shape index (κ1) is 25.6. The van der Waals surface area contributed by atoms with Gasteiger partial charge in [0.1, 0.15) is 5.56 Å². The number of hydrazine groups is 1. The Bertz CT molecular complexity index is 758. The average molecular weight is 461 g/mol. The molecule has 2 rings (SSSR count). The largest absolute Gasteiger partial charge is 0.421 e. The van der Waals surface area contributed by atoms with Gasteiger partial charge in [-0.3, -0.25) is 25.6 Å². The van der Waals surface area contributed by atoms with E-state index < -0.39 is 29.4 Å². The van der Waals surface area contributed by atoms with Crippen LogP contribution in [-0.2, 0) is 15.8 Å². The summed E-state index contributed by atoms with van der Waals surface area (Å²) in [5.41, 5.74) is 3.40. The molecule has 0 bridgehead atoms. The number of rotatable bonds is 11. The number of likely N-dealkylation sites (N-methyl/N-ethyl adjacent to an activating group) is 1. The predicted octanol–water partition coefficient (Wildman–Crippen LogP) is 1.73. The molecular weight excluding hydrogens is 431 g/mol. The lowest BCUT2D eigenvalue weighted by atomic mass is 10.0. The molecule has 13 heteroatoms. The maximum absolute atomic E-state index is 13.4. The summed E-state index contributed by atoms with van der Waals surface area (Å²) in [7, 11) is 1.95. The second-order valence-corrected chi connectivity index (χ2v) is 7.75. The molecule has 180 valence electrons. The van der Waals surface area contributed by atoms with E-state index in [2.05, 4.69) is 25.7 Å². The Labute approximate surface area is 184 Å². The number of nitrogens with zero attached hydrogens (tertiary/aromatic N) is 5. The minimum absolute atomic E-state index is 0.129. The van der Waals surface area contributed by atoms with Gasteiger partial charge in [-0.15, -0.1) is 0 Å². The zero-order chi connectivity index (χ0) is 23.7. The van der Waals surface area contributed by atoms with Crippen LogP contribution in [0.1, 0.15) is 38.2 Å². The topological polar surface area (TPSA) is 114 Å². The Kier molecular flexibility index (Phi) is 9.44. The molecule has 10 nitrogen and oxygen atoms in total. The molecule has 0 aromatic carbocycles. The first-order valence-electron chi connectivity index (χ1n) is 10.5. The number of carbonyl (C=O) groups excluding carboxylic acids is 2. The first-order valence-corrected chi connectivity index (χ1v) is 10.5. The zero-order valence-electron chi connectivity index (χ0n) is 18.2. The van der Waals surface area contributed by atoms with Gasteiger partial charge in [0.05, 0.1) is 12.5 Å². The molecule has 1 fully saturated rings. The smallest absolute Gasteiger partial charge is 0.338 e. The van der Waals surface area contributed by atoms with Gasteiger partial charge in [0.2, 0.25) is 18.3 Å². The minimum atomic E-state index is -4.73. The van der Waals surface area contributed by atoms with Crippen LogP contribution in [0.5, 0.6) is 0 Å². The SMILES string of the molecule is CCCCC[C@H](CN(O)C=O)C(=O)NNc1nc(N2CCN(C)CC2)ncc1C(F)(F)F. The van der Waals surface area contributed by atoms with E-state index >= 15 is 0 Å². The molecule has 0 spiro atoms. The fourth-order valence-corrected chi connectivity index (χ4v) is 3.27. The van der Waals surface area contributed by atoms with Crippen LogP contribution in [-0.4, -0.2) is 77.2 Å². The van der Waals surface area contributed by atoms with Crippen LogP contribution in [0, 0.1) is 5.92 Å². The third-order valence-corrected chi connectivity index (χ3v) is 5.23. The molecule has 1 aliphatic heterocycles. The summed E-state index contributed by atoms with van der Waals surface area (Å²) in [6.07, 6.45) is -1.12. The van der Waals surface area contributed by atoms with E-state index in [1.54, 1.807) is 4.90 Å². The van der Waals surface area contributed by atoms with Crippen LogP contribution in [0.3, 0.4) is 0 Å². The maximum atomic E-state index is 13.4. The Balaban J connectivity index is 2.15. The van der Waals surface area contributed by atoms with E-state index in [4.69, 9.17) is 0 Å². The molecule has 0 unspecified atom stereocenters. The van der Waals surface area contributed by atoms with Gasteiger partial charge in [-0.25, -0.2) is 10.0 Å².